The molecule has 0 aliphatic heterocycles. The van der Waals surface area contributed by atoms with Crippen LogP contribution in [-0.4, -0.2) is 34.1 Å². The van der Waals surface area contributed by atoms with Crippen LogP contribution in [0.25, 0.3) is 0 Å². The lowest BCUT2D eigenvalue weighted by molar-refractivity contribution is -0.147. The van der Waals surface area contributed by atoms with Gasteiger partial charge < -0.3 is 21.3 Å². The monoisotopic (exact) mass is 280 g/mol. The normalized spacial score (nSPS) is 13.3. The van der Waals surface area contributed by atoms with Gasteiger partial charge in [0.2, 0.25) is 5.91 Å². The number of carboxylic acid groups (broad SMARTS) is 2. The van der Waals surface area contributed by atoms with Crippen molar-refractivity contribution in [2.24, 2.45) is 5.73 Å². The van der Waals surface area contributed by atoms with Crippen LogP contribution >= 0.6 is 0 Å². The molecule has 1 aromatic rings. The molecule has 0 spiro atoms. The Morgan fingerprint density at radius 1 is 1.20 bits per heavy atom. The summed E-state index contributed by atoms with van der Waals surface area (Å²) >= 11 is 0. The predicted molar refractivity (Wildman–Crippen MR) is 69.9 cm³/mol. The van der Waals surface area contributed by atoms with Gasteiger partial charge in [-0.3, -0.25) is 9.59 Å². The van der Waals surface area contributed by atoms with Crippen LogP contribution in [0.5, 0.6) is 0 Å². The van der Waals surface area contributed by atoms with Gasteiger partial charge in [-0.2, -0.15) is 0 Å². The molecule has 2 unspecified atom stereocenters. The van der Waals surface area contributed by atoms with Crippen molar-refractivity contribution in [2.75, 3.05) is 0 Å². The van der Waals surface area contributed by atoms with E-state index in [2.05, 4.69) is 5.32 Å². The molecule has 0 bridgehead atoms. The molecule has 5 N–H and O–H groups in total. The molecule has 0 heterocycles. The minimum atomic E-state index is -1.50. The van der Waals surface area contributed by atoms with Gasteiger partial charge in [0.25, 0.3) is 0 Å². The molecule has 108 valence electrons. The van der Waals surface area contributed by atoms with Crippen molar-refractivity contribution in [3.05, 3.63) is 35.4 Å². The number of carbonyl (C=O) groups is 3. The summed E-state index contributed by atoms with van der Waals surface area (Å²) in [7, 11) is 0. The zero-order valence-electron chi connectivity index (χ0n) is 10.9. The van der Waals surface area contributed by atoms with E-state index in [4.69, 9.17) is 15.9 Å². The second-order valence-electron chi connectivity index (χ2n) is 4.39. The summed E-state index contributed by atoms with van der Waals surface area (Å²) in [5.41, 5.74) is 7.23. The van der Waals surface area contributed by atoms with Crippen LogP contribution < -0.4 is 11.1 Å². The third-order valence-electron chi connectivity index (χ3n) is 2.71. The lowest BCUT2D eigenvalue weighted by atomic mass is 10.0. The Morgan fingerprint density at radius 3 is 2.20 bits per heavy atom. The van der Waals surface area contributed by atoms with E-state index in [0.29, 0.717) is 5.56 Å². The van der Waals surface area contributed by atoms with Gasteiger partial charge in [0.15, 0.2) is 0 Å². The maximum absolute atomic E-state index is 11.8. The highest BCUT2D eigenvalue weighted by molar-refractivity contribution is 5.89. The molecule has 20 heavy (non-hydrogen) atoms. The number of aliphatic carboxylic acids is 2. The number of aryl methyl sites for hydroxylation is 1. The SMILES string of the molecule is Cc1ccc(C(N)C(=O)NC(CC(=O)O)C(=O)O)cc1. The van der Waals surface area contributed by atoms with Gasteiger partial charge in [0.1, 0.15) is 12.1 Å². The highest BCUT2D eigenvalue weighted by Gasteiger charge is 2.26. The smallest absolute Gasteiger partial charge is 0.326 e. The molecule has 1 rings (SSSR count). The summed E-state index contributed by atoms with van der Waals surface area (Å²) in [6.07, 6.45) is -0.707. The fourth-order valence-electron chi connectivity index (χ4n) is 1.56. The number of benzene rings is 1. The highest BCUT2D eigenvalue weighted by atomic mass is 16.4. The Labute approximate surface area is 115 Å². The predicted octanol–water partition coefficient (Wildman–Crippen LogP) is 0.0389. The molecule has 0 saturated heterocycles. The summed E-state index contributed by atoms with van der Waals surface area (Å²) in [5, 5.41) is 19.5. The number of carbonyl (C=O) groups excluding carboxylic acids is 1. The van der Waals surface area contributed by atoms with E-state index in [0.717, 1.165) is 5.56 Å². The molecule has 1 amide bonds. The average molecular weight is 280 g/mol. The topological polar surface area (TPSA) is 130 Å². The molecule has 0 saturated carbocycles. The van der Waals surface area contributed by atoms with Crippen LogP contribution in [0, 0.1) is 6.92 Å². The van der Waals surface area contributed by atoms with Crippen molar-refractivity contribution in [3.63, 3.8) is 0 Å². The molecular weight excluding hydrogens is 264 g/mol. The van der Waals surface area contributed by atoms with E-state index in [1.165, 1.54) is 0 Å². The first-order valence-corrected chi connectivity index (χ1v) is 5.88. The van der Waals surface area contributed by atoms with E-state index in [9.17, 15) is 14.4 Å². The molecule has 0 aliphatic rings. The standard InChI is InChI=1S/C13H16N2O5/c1-7-2-4-8(5-3-7)11(14)12(18)15-9(13(19)20)6-10(16)17/h2-5,9,11H,6,14H2,1H3,(H,15,18)(H,16,17)(H,19,20). The highest BCUT2D eigenvalue weighted by Crippen LogP contribution is 2.12. The molecule has 0 radical (unpaired) electrons. The van der Waals surface area contributed by atoms with Gasteiger partial charge in [-0.1, -0.05) is 29.8 Å². The summed E-state index contributed by atoms with van der Waals surface area (Å²) in [6, 6.07) is 4.31. The Kier molecular flexibility index (Phi) is 5.22. The third kappa shape index (κ3) is 4.36. The van der Waals surface area contributed by atoms with Crippen molar-refractivity contribution in [1.29, 1.82) is 0 Å². The largest absolute Gasteiger partial charge is 0.481 e. The van der Waals surface area contributed by atoms with Gasteiger partial charge in [-0.25, -0.2) is 4.79 Å². The molecule has 0 aliphatic carbocycles. The van der Waals surface area contributed by atoms with Crippen molar-refractivity contribution in [1.82, 2.24) is 5.32 Å². The van der Waals surface area contributed by atoms with Crippen LogP contribution in [-0.2, 0) is 14.4 Å². The van der Waals surface area contributed by atoms with Gasteiger partial charge >= 0.3 is 11.9 Å². The molecule has 2 atom stereocenters. The number of carboxylic acids is 2. The van der Waals surface area contributed by atoms with Crippen LogP contribution in [0.3, 0.4) is 0 Å². The molecule has 0 aromatic heterocycles. The molecule has 7 nitrogen and oxygen atoms in total. The first-order valence-electron chi connectivity index (χ1n) is 5.88. The first kappa shape index (κ1) is 15.6. The number of hydrogen-bond acceptors (Lipinski definition) is 4. The second-order valence-corrected chi connectivity index (χ2v) is 4.39. The lowest BCUT2D eigenvalue weighted by Gasteiger charge is -2.16. The minimum Gasteiger partial charge on any atom is -0.481 e. The van der Waals surface area contributed by atoms with Crippen LogP contribution in [0.15, 0.2) is 24.3 Å². The minimum absolute atomic E-state index is 0.521. The Bertz CT molecular complexity index is 512. The van der Waals surface area contributed by atoms with Gasteiger partial charge in [-0.15, -0.1) is 0 Å². The van der Waals surface area contributed by atoms with E-state index in [1.807, 2.05) is 6.92 Å². The Hall–Kier alpha value is -2.41. The Balaban J connectivity index is 2.75. The van der Waals surface area contributed by atoms with E-state index in [1.54, 1.807) is 24.3 Å². The van der Waals surface area contributed by atoms with Crippen molar-refractivity contribution in [2.45, 2.75) is 25.4 Å². The molecule has 1 aromatic carbocycles. The van der Waals surface area contributed by atoms with Gasteiger partial charge in [0, 0.05) is 0 Å². The Morgan fingerprint density at radius 2 is 1.75 bits per heavy atom. The number of amides is 1. The van der Waals surface area contributed by atoms with Crippen LogP contribution in [0.1, 0.15) is 23.6 Å². The maximum Gasteiger partial charge on any atom is 0.326 e. The number of hydrogen-bond donors (Lipinski definition) is 4. The third-order valence-corrected chi connectivity index (χ3v) is 2.71. The fraction of sp³-hybridized carbons (Fsp3) is 0.308. The number of rotatable bonds is 6. The van der Waals surface area contributed by atoms with E-state index in [-0.39, 0.29) is 0 Å². The zero-order chi connectivity index (χ0) is 15.3. The summed E-state index contributed by atoms with van der Waals surface area (Å²) in [4.78, 5) is 33.2. The van der Waals surface area contributed by atoms with Crippen molar-refractivity contribution < 1.29 is 24.6 Å². The fourth-order valence-corrected chi connectivity index (χ4v) is 1.56. The molecule has 7 heteroatoms. The number of nitrogens with one attached hydrogen (secondary N) is 1. The second kappa shape index (κ2) is 6.67. The number of nitrogens with two attached hydrogens (primary N) is 1. The van der Waals surface area contributed by atoms with Gasteiger partial charge in [0.05, 0.1) is 6.42 Å². The van der Waals surface area contributed by atoms with Crippen molar-refractivity contribution >= 4 is 17.8 Å². The van der Waals surface area contributed by atoms with Crippen LogP contribution in [0.2, 0.25) is 0 Å². The zero-order valence-corrected chi connectivity index (χ0v) is 10.9. The average Bonchev–Trinajstić information content (AvgIpc) is 2.37. The molecule has 0 fully saturated rings. The van der Waals surface area contributed by atoms with E-state index < -0.39 is 36.4 Å². The first-order chi connectivity index (χ1) is 9.31. The lowest BCUT2D eigenvalue weighted by Crippen LogP contribution is -2.45. The summed E-state index contributed by atoms with van der Waals surface area (Å²) in [5.74, 6) is -3.47. The van der Waals surface area contributed by atoms with Crippen molar-refractivity contribution in [3.8, 4) is 0 Å². The van der Waals surface area contributed by atoms with E-state index >= 15 is 0 Å². The summed E-state index contributed by atoms with van der Waals surface area (Å²) < 4.78 is 0. The summed E-state index contributed by atoms with van der Waals surface area (Å²) in [6.45, 7) is 1.88. The maximum atomic E-state index is 11.8. The van der Waals surface area contributed by atoms with Gasteiger partial charge in [-0.05, 0) is 12.5 Å². The quantitative estimate of drug-likeness (QED) is 0.582. The molecular formula is C13H16N2O5. The van der Waals surface area contributed by atoms with Crippen LogP contribution in [0.4, 0.5) is 0 Å².